The maximum Gasteiger partial charge on any atom is 0.268 e. The Hall–Kier alpha value is -1.54. The van der Waals surface area contributed by atoms with Gasteiger partial charge >= 0.3 is 0 Å². The molecule has 1 heterocycles. The van der Waals surface area contributed by atoms with Gasteiger partial charge in [-0.3, -0.25) is 4.55 Å². The summed E-state index contributed by atoms with van der Waals surface area (Å²) in [4.78, 5) is 0. The third-order valence-corrected chi connectivity index (χ3v) is 6.89. The van der Waals surface area contributed by atoms with Gasteiger partial charge < -0.3 is 5.48 Å². The molecule has 7 heteroatoms. The molecular formula is C17H21NO4S2. The summed E-state index contributed by atoms with van der Waals surface area (Å²) in [5.41, 5.74) is 1.12. The van der Waals surface area contributed by atoms with Crippen LogP contribution >= 0.6 is 11.3 Å². The summed E-state index contributed by atoms with van der Waals surface area (Å²) in [5, 5.41) is 2.86. The van der Waals surface area contributed by atoms with Gasteiger partial charge in [-0.25, -0.2) is 0 Å². The standard InChI is InChI=1S/C17H19NO3S2.H2O/c1-3-14(23(19,20)21)10-11-18-12(2)22-17-15-7-5-4-6-13(15)8-9-16(17)18;/h4-9,14H,3,10-11H2,1-2H3;1H2. The highest BCUT2D eigenvalue weighted by Gasteiger charge is 2.25. The van der Waals surface area contributed by atoms with Crippen molar-refractivity contribution in [2.24, 2.45) is 0 Å². The molecule has 0 aliphatic carbocycles. The van der Waals surface area contributed by atoms with Crippen molar-refractivity contribution >= 4 is 42.4 Å². The van der Waals surface area contributed by atoms with E-state index in [1.807, 2.05) is 19.1 Å². The summed E-state index contributed by atoms with van der Waals surface area (Å²) in [6.45, 7) is 4.42. The van der Waals surface area contributed by atoms with Crippen LogP contribution in [0.15, 0.2) is 36.4 Å². The van der Waals surface area contributed by atoms with Gasteiger partial charge in [-0.15, -0.1) is 0 Å². The highest BCUT2D eigenvalue weighted by molar-refractivity contribution is 7.86. The van der Waals surface area contributed by atoms with E-state index in [1.54, 1.807) is 18.3 Å². The molecule has 0 aliphatic rings. The van der Waals surface area contributed by atoms with Crippen molar-refractivity contribution in [1.29, 1.82) is 0 Å². The second kappa shape index (κ2) is 7.14. The Labute approximate surface area is 145 Å². The van der Waals surface area contributed by atoms with Crippen LogP contribution in [0.3, 0.4) is 0 Å². The molecule has 1 unspecified atom stereocenters. The number of aromatic nitrogens is 1. The average molecular weight is 367 g/mol. The molecule has 24 heavy (non-hydrogen) atoms. The molecule has 130 valence electrons. The second-order valence-corrected chi connectivity index (χ2v) is 8.64. The fraction of sp³-hybridized carbons (Fsp3) is 0.353. The number of thiazole rings is 1. The molecule has 2 aromatic carbocycles. The van der Waals surface area contributed by atoms with Gasteiger partial charge in [0.05, 0.1) is 5.25 Å². The molecule has 5 nitrogen and oxygen atoms in total. The summed E-state index contributed by atoms with van der Waals surface area (Å²) < 4.78 is 35.5. The third-order valence-electron chi connectivity index (χ3n) is 4.33. The van der Waals surface area contributed by atoms with Crippen molar-refractivity contribution < 1.29 is 23.0 Å². The van der Waals surface area contributed by atoms with Gasteiger partial charge in [0.1, 0.15) is 4.70 Å². The predicted molar refractivity (Wildman–Crippen MR) is 96.4 cm³/mol. The van der Waals surface area contributed by atoms with Crippen LogP contribution in [0.5, 0.6) is 0 Å². The molecule has 3 aromatic rings. The van der Waals surface area contributed by atoms with Crippen molar-refractivity contribution in [3.05, 3.63) is 41.4 Å². The second-order valence-electron chi connectivity index (χ2n) is 5.74. The first-order chi connectivity index (χ1) is 10.9. The molecular weight excluding hydrogens is 346 g/mol. The van der Waals surface area contributed by atoms with Crippen molar-refractivity contribution in [1.82, 2.24) is 0 Å². The van der Waals surface area contributed by atoms with Gasteiger partial charge in [-0.2, -0.15) is 13.0 Å². The van der Waals surface area contributed by atoms with E-state index < -0.39 is 15.4 Å². The topological polar surface area (TPSA) is 88.2 Å². The molecule has 0 radical (unpaired) electrons. The van der Waals surface area contributed by atoms with Crippen molar-refractivity contribution in [3.63, 3.8) is 0 Å². The largest absolute Gasteiger partial charge is 0.870 e. The minimum absolute atomic E-state index is 0. The maximum atomic E-state index is 11.4. The predicted octanol–water partition coefficient (Wildman–Crippen LogP) is 3.53. The lowest BCUT2D eigenvalue weighted by Gasteiger charge is -2.09. The summed E-state index contributed by atoms with van der Waals surface area (Å²) in [6.07, 6.45) is 0.836. The normalized spacial score (nSPS) is 13.1. The van der Waals surface area contributed by atoms with E-state index in [-0.39, 0.29) is 5.48 Å². The van der Waals surface area contributed by atoms with E-state index in [9.17, 15) is 13.0 Å². The van der Waals surface area contributed by atoms with Crippen LogP contribution in [-0.2, 0) is 16.7 Å². The highest BCUT2D eigenvalue weighted by atomic mass is 32.2. The summed E-state index contributed by atoms with van der Waals surface area (Å²) >= 11 is 1.73. The molecule has 0 fully saturated rings. The van der Waals surface area contributed by atoms with E-state index in [1.165, 1.54) is 15.5 Å². The van der Waals surface area contributed by atoms with Crippen LogP contribution in [0.1, 0.15) is 24.8 Å². The van der Waals surface area contributed by atoms with Crippen molar-refractivity contribution in [3.8, 4) is 0 Å². The van der Waals surface area contributed by atoms with Crippen LogP contribution in [0, 0.1) is 6.92 Å². The zero-order valence-electron chi connectivity index (χ0n) is 13.6. The Morgan fingerprint density at radius 2 is 1.92 bits per heavy atom. The molecule has 0 amide bonds. The molecule has 0 saturated carbocycles. The van der Waals surface area contributed by atoms with Crippen LogP contribution in [0.4, 0.5) is 0 Å². The number of aryl methyl sites for hydroxylation is 2. The SMILES string of the molecule is CCC(CC[n+]1c(C)sc2c3ccccc3ccc21)S(=O)(=O)O.[OH-]. The summed E-state index contributed by atoms with van der Waals surface area (Å²) in [5.74, 6) is 0. The van der Waals surface area contributed by atoms with E-state index in [0.29, 0.717) is 19.4 Å². The van der Waals surface area contributed by atoms with Gasteiger partial charge in [-0.05, 0) is 17.9 Å². The lowest BCUT2D eigenvalue weighted by molar-refractivity contribution is -0.673. The molecule has 1 atom stereocenters. The number of rotatable bonds is 5. The number of hydrogen-bond acceptors (Lipinski definition) is 4. The Morgan fingerprint density at radius 1 is 1.21 bits per heavy atom. The molecule has 0 bridgehead atoms. The molecule has 0 aliphatic heterocycles. The van der Waals surface area contributed by atoms with Gasteiger partial charge in [0.15, 0.2) is 6.54 Å². The first-order valence-electron chi connectivity index (χ1n) is 7.68. The number of fused-ring (bicyclic) bond motifs is 3. The monoisotopic (exact) mass is 367 g/mol. The Kier molecular flexibility index (Phi) is 5.59. The molecule has 2 N–H and O–H groups in total. The minimum Gasteiger partial charge on any atom is -0.870 e. The maximum absolute atomic E-state index is 11.4. The first-order valence-corrected chi connectivity index (χ1v) is 10.0. The van der Waals surface area contributed by atoms with Crippen LogP contribution in [0.25, 0.3) is 21.0 Å². The zero-order chi connectivity index (χ0) is 16.6. The van der Waals surface area contributed by atoms with Crippen LogP contribution in [-0.4, -0.2) is 23.7 Å². The summed E-state index contributed by atoms with van der Waals surface area (Å²) in [7, 11) is -3.98. The lowest BCUT2D eigenvalue weighted by atomic mass is 10.1. The van der Waals surface area contributed by atoms with Crippen molar-refractivity contribution in [2.45, 2.75) is 38.5 Å². The van der Waals surface area contributed by atoms with Gasteiger partial charge in [0.25, 0.3) is 10.1 Å². The van der Waals surface area contributed by atoms with E-state index >= 15 is 0 Å². The number of hydrogen-bond donors (Lipinski definition) is 1. The van der Waals surface area contributed by atoms with Crippen molar-refractivity contribution in [2.75, 3.05) is 0 Å². The van der Waals surface area contributed by atoms with E-state index in [0.717, 1.165) is 10.5 Å². The number of benzene rings is 2. The lowest BCUT2D eigenvalue weighted by Crippen LogP contribution is -2.37. The zero-order valence-corrected chi connectivity index (χ0v) is 15.3. The van der Waals surface area contributed by atoms with Gasteiger partial charge in [0, 0.05) is 24.8 Å². The highest BCUT2D eigenvalue weighted by Crippen LogP contribution is 2.29. The van der Waals surface area contributed by atoms with Crippen LogP contribution in [0.2, 0.25) is 0 Å². The quantitative estimate of drug-likeness (QED) is 0.552. The Morgan fingerprint density at radius 3 is 2.58 bits per heavy atom. The Balaban J connectivity index is 0.00000208. The average Bonchev–Trinajstić information content (AvgIpc) is 2.83. The minimum atomic E-state index is -3.98. The van der Waals surface area contributed by atoms with E-state index in [2.05, 4.69) is 28.8 Å². The number of nitrogens with zero attached hydrogens (tertiary/aromatic N) is 1. The first kappa shape index (κ1) is 18.8. The third kappa shape index (κ3) is 3.44. The van der Waals surface area contributed by atoms with E-state index in [4.69, 9.17) is 0 Å². The summed E-state index contributed by atoms with van der Waals surface area (Å²) in [6, 6.07) is 12.5. The van der Waals surface area contributed by atoms with Gasteiger partial charge in [-0.1, -0.05) is 42.5 Å². The van der Waals surface area contributed by atoms with Gasteiger partial charge in [0.2, 0.25) is 10.5 Å². The van der Waals surface area contributed by atoms with Crippen LogP contribution < -0.4 is 4.57 Å². The molecule has 3 rings (SSSR count). The molecule has 1 aromatic heterocycles. The Bertz CT molecular complexity index is 963. The molecule has 0 saturated heterocycles. The smallest absolute Gasteiger partial charge is 0.268 e. The fourth-order valence-corrected chi connectivity index (χ4v) is 5.04. The fourth-order valence-electron chi connectivity index (χ4n) is 3.04. The molecule has 0 spiro atoms.